The molecule has 134 valence electrons. The van der Waals surface area contributed by atoms with Gasteiger partial charge in [-0.3, -0.25) is 9.89 Å². The molecule has 1 aliphatic rings. The van der Waals surface area contributed by atoms with Crippen LogP contribution in [0.15, 0.2) is 41.1 Å². The molecule has 6 nitrogen and oxygen atoms in total. The van der Waals surface area contributed by atoms with Crippen molar-refractivity contribution < 1.29 is 13.7 Å². The van der Waals surface area contributed by atoms with Crippen molar-refractivity contribution in [2.75, 3.05) is 13.1 Å². The molecule has 1 aromatic carbocycles. The molecule has 0 radical (unpaired) electrons. The second-order valence-electron chi connectivity index (χ2n) is 6.62. The van der Waals surface area contributed by atoms with Crippen molar-refractivity contribution in [3.63, 3.8) is 0 Å². The SMILES string of the molecule is Cc1cc(C(=O)N2CCC[C@@H](c3[nH]ncc3-c3ccc(F)cc3)C2)no1. The lowest BCUT2D eigenvalue weighted by atomic mass is 9.90. The van der Waals surface area contributed by atoms with Crippen molar-refractivity contribution in [3.05, 3.63) is 59.5 Å². The topological polar surface area (TPSA) is 75.0 Å². The maximum absolute atomic E-state index is 13.2. The van der Waals surface area contributed by atoms with E-state index >= 15 is 0 Å². The number of carbonyl (C=O) groups is 1. The molecule has 1 aliphatic heterocycles. The van der Waals surface area contributed by atoms with E-state index in [0.29, 0.717) is 24.5 Å². The van der Waals surface area contributed by atoms with Crippen LogP contribution < -0.4 is 0 Å². The van der Waals surface area contributed by atoms with Gasteiger partial charge in [0.1, 0.15) is 11.6 Å². The first kappa shape index (κ1) is 16.5. The van der Waals surface area contributed by atoms with E-state index in [1.807, 2.05) is 0 Å². The second kappa shape index (κ2) is 6.74. The molecular formula is C19H19FN4O2. The Labute approximate surface area is 150 Å². The van der Waals surface area contributed by atoms with Crippen LogP contribution in [-0.4, -0.2) is 39.3 Å². The van der Waals surface area contributed by atoms with Crippen LogP contribution in [0.25, 0.3) is 11.1 Å². The molecule has 0 spiro atoms. The Balaban J connectivity index is 1.56. The number of rotatable bonds is 3. The average Bonchev–Trinajstić information content (AvgIpc) is 3.31. The van der Waals surface area contributed by atoms with Gasteiger partial charge in [0.25, 0.3) is 5.91 Å². The predicted molar refractivity (Wildman–Crippen MR) is 93.1 cm³/mol. The Morgan fingerprint density at radius 2 is 2.15 bits per heavy atom. The van der Waals surface area contributed by atoms with E-state index < -0.39 is 0 Å². The standard InChI is InChI=1S/C19H19FN4O2/c1-12-9-17(23-26-12)19(25)24-8-2-3-14(11-24)18-16(10-21-22-18)13-4-6-15(20)7-5-13/h4-7,9-10,14H,2-3,8,11H2,1H3,(H,21,22)/t14-/m1/s1. The van der Waals surface area contributed by atoms with Crippen LogP contribution >= 0.6 is 0 Å². The van der Waals surface area contributed by atoms with Crippen LogP contribution in [0.1, 0.15) is 40.7 Å². The quantitative estimate of drug-likeness (QED) is 0.781. The van der Waals surface area contributed by atoms with Gasteiger partial charge in [0.2, 0.25) is 0 Å². The summed E-state index contributed by atoms with van der Waals surface area (Å²) in [5.41, 5.74) is 3.17. The number of nitrogens with one attached hydrogen (secondary N) is 1. The lowest BCUT2D eigenvalue weighted by molar-refractivity contribution is 0.0695. The van der Waals surface area contributed by atoms with Gasteiger partial charge in [-0.2, -0.15) is 5.10 Å². The van der Waals surface area contributed by atoms with Gasteiger partial charge in [0.05, 0.1) is 6.20 Å². The minimum absolute atomic E-state index is 0.116. The number of piperidine rings is 1. The highest BCUT2D eigenvalue weighted by Crippen LogP contribution is 2.33. The summed E-state index contributed by atoms with van der Waals surface area (Å²) in [6.45, 7) is 3.05. The van der Waals surface area contributed by atoms with Crippen molar-refractivity contribution in [3.8, 4) is 11.1 Å². The van der Waals surface area contributed by atoms with Crippen LogP contribution in [0, 0.1) is 12.7 Å². The fourth-order valence-corrected chi connectivity index (χ4v) is 3.49. The zero-order valence-corrected chi connectivity index (χ0v) is 14.4. The number of carbonyl (C=O) groups excluding carboxylic acids is 1. The number of amides is 1. The van der Waals surface area contributed by atoms with Crippen LogP contribution in [-0.2, 0) is 0 Å². The molecule has 0 aliphatic carbocycles. The van der Waals surface area contributed by atoms with Gasteiger partial charge in [0.15, 0.2) is 5.69 Å². The molecule has 7 heteroatoms. The summed E-state index contributed by atoms with van der Waals surface area (Å²) in [4.78, 5) is 14.5. The van der Waals surface area contributed by atoms with Gasteiger partial charge >= 0.3 is 0 Å². The van der Waals surface area contributed by atoms with Gasteiger partial charge in [-0.25, -0.2) is 4.39 Å². The Kier molecular flexibility index (Phi) is 4.28. The Bertz CT molecular complexity index is 916. The number of aromatic nitrogens is 3. The van der Waals surface area contributed by atoms with Crippen LogP contribution in [0.4, 0.5) is 4.39 Å². The molecule has 3 heterocycles. The fourth-order valence-electron chi connectivity index (χ4n) is 3.49. The highest BCUT2D eigenvalue weighted by Gasteiger charge is 2.29. The minimum atomic E-state index is -0.267. The smallest absolute Gasteiger partial charge is 0.276 e. The number of nitrogens with zero attached hydrogens (tertiary/aromatic N) is 3. The second-order valence-corrected chi connectivity index (χ2v) is 6.62. The lowest BCUT2D eigenvalue weighted by Gasteiger charge is -2.32. The summed E-state index contributed by atoms with van der Waals surface area (Å²) in [6.07, 6.45) is 3.61. The largest absolute Gasteiger partial charge is 0.361 e. The number of aryl methyl sites for hydroxylation is 1. The highest BCUT2D eigenvalue weighted by molar-refractivity contribution is 5.92. The number of H-pyrrole nitrogens is 1. The minimum Gasteiger partial charge on any atom is -0.361 e. The van der Waals surface area contributed by atoms with Crippen LogP contribution in [0.5, 0.6) is 0 Å². The maximum Gasteiger partial charge on any atom is 0.276 e. The van der Waals surface area contributed by atoms with Gasteiger partial charge in [-0.1, -0.05) is 17.3 Å². The van der Waals surface area contributed by atoms with Crippen molar-refractivity contribution >= 4 is 5.91 Å². The van der Waals surface area contributed by atoms with Gasteiger partial charge in [0, 0.05) is 36.3 Å². The summed E-state index contributed by atoms with van der Waals surface area (Å²) in [5.74, 6) is 0.378. The predicted octanol–water partition coefficient (Wildman–Crippen LogP) is 3.53. The van der Waals surface area contributed by atoms with Gasteiger partial charge < -0.3 is 9.42 Å². The van der Waals surface area contributed by atoms with Crippen molar-refractivity contribution in [1.82, 2.24) is 20.3 Å². The van der Waals surface area contributed by atoms with Gasteiger partial charge in [-0.05, 0) is 37.5 Å². The van der Waals surface area contributed by atoms with E-state index in [9.17, 15) is 9.18 Å². The molecule has 1 saturated heterocycles. The van der Waals surface area contributed by atoms with E-state index in [1.165, 1.54) is 12.1 Å². The zero-order chi connectivity index (χ0) is 18.1. The summed E-state index contributed by atoms with van der Waals surface area (Å²) in [6, 6.07) is 8.03. The highest BCUT2D eigenvalue weighted by atomic mass is 19.1. The average molecular weight is 354 g/mol. The van der Waals surface area contributed by atoms with Crippen molar-refractivity contribution in [1.29, 1.82) is 0 Å². The summed E-state index contributed by atoms with van der Waals surface area (Å²) in [7, 11) is 0. The van der Waals surface area contributed by atoms with E-state index in [-0.39, 0.29) is 17.6 Å². The van der Waals surface area contributed by atoms with E-state index in [4.69, 9.17) is 4.52 Å². The maximum atomic E-state index is 13.2. The fraction of sp³-hybridized carbons (Fsp3) is 0.316. The third-order valence-electron chi connectivity index (χ3n) is 4.79. The van der Waals surface area contributed by atoms with Crippen LogP contribution in [0.3, 0.4) is 0 Å². The third kappa shape index (κ3) is 3.12. The molecule has 26 heavy (non-hydrogen) atoms. The monoisotopic (exact) mass is 354 g/mol. The number of hydrogen-bond acceptors (Lipinski definition) is 4. The first-order chi connectivity index (χ1) is 12.6. The Morgan fingerprint density at radius 3 is 2.88 bits per heavy atom. The molecule has 0 bridgehead atoms. The molecule has 4 rings (SSSR count). The Morgan fingerprint density at radius 1 is 1.35 bits per heavy atom. The molecule has 0 saturated carbocycles. The normalized spacial score (nSPS) is 17.5. The molecular weight excluding hydrogens is 335 g/mol. The molecule has 1 fully saturated rings. The van der Waals surface area contributed by atoms with Crippen molar-refractivity contribution in [2.45, 2.75) is 25.7 Å². The van der Waals surface area contributed by atoms with E-state index in [2.05, 4.69) is 15.4 Å². The Hall–Kier alpha value is -2.96. The van der Waals surface area contributed by atoms with Crippen LogP contribution in [0.2, 0.25) is 0 Å². The molecule has 1 atom stereocenters. The number of hydrogen-bond donors (Lipinski definition) is 1. The van der Waals surface area contributed by atoms with E-state index in [0.717, 1.165) is 29.7 Å². The molecule has 1 N–H and O–H groups in total. The summed E-state index contributed by atoms with van der Waals surface area (Å²) in [5, 5.41) is 11.1. The first-order valence-electron chi connectivity index (χ1n) is 8.63. The number of likely N-dealkylation sites (tertiary alicyclic amines) is 1. The van der Waals surface area contributed by atoms with Gasteiger partial charge in [-0.15, -0.1) is 0 Å². The zero-order valence-electron chi connectivity index (χ0n) is 14.4. The molecule has 0 unspecified atom stereocenters. The summed E-state index contributed by atoms with van der Waals surface area (Å²) >= 11 is 0. The molecule has 1 amide bonds. The lowest BCUT2D eigenvalue weighted by Crippen LogP contribution is -2.39. The number of halogens is 1. The van der Waals surface area contributed by atoms with E-state index in [1.54, 1.807) is 36.2 Å². The molecule has 2 aromatic heterocycles. The van der Waals surface area contributed by atoms with Crippen molar-refractivity contribution in [2.24, 2.45) is 0 Å². The third-order valence-corrected chi connectivity index (χ3v) is 4.79. The number of benzene rings is 1. The summed E-state index contributed by atoms with van der Waals surface area (Å²) < 4.78 is 18.2. The number of aromatic amines is 1. The molecule has 3 aromatic rings. The first-order valence-corrected chi connectivity index (χ1v) is 8.63.